The molecule has 0 saturated heterocycles. The molecule has 0 unspecified atom stereocenters. The Morgan fingerprint density at radius 2 is 1.95 bits per heavy atom. The quantitative estimate of drug-likeness (QED) is 0.751. The first-order valence-electron chi connectivity index (χ1n) is 5.87. The standard InChI is InChI=1S/C14H16N2O3/c1-2-9-15-13(17)8-10-16-14(18)19-11-12-6-4-3-5-7-12/h1,3-7H,8-11H2,(H,15,17)(H,16,18). The van der Waals surface area contributed by atoms with Gasteiger partial charge in [-0.1, -0.05) is 36.3 Å². The molecule has 0 bridgehead atoms. The fourth-order valence-corrected chi connectivity index (χ4v) is 1.29. The van der Waals surface area contributed by atoms with Crippen LogP contribution < -0.4 is 10.6 Å². The van der Waals surface area contributed by atoms with Crippen molar-refractivity contribution in [3.63, 3.8) is 0 Å². The Bertz CT molecular complexity index is 452. The fourth-order valence-electron chi connectivity index (χ4n) is 1.29. The summed E-state index contributed by atoms with van der Waals surface area (Å²) in [6, 6.07) is 9.35. The molecule has 0 heterocycles. The van der Waals surface area contributed by atoms with Gasteiger partial charge in [-0.3, -0.25) is 4.79 Å². The molecule has 5 nitrogen and oxygen atoms in total. The van der Waals surface area contributed by atoms with Crippen molar-refractivity contribution >= 4 is 12.0 Å². The van der Waals surface area contributed by atoms with Crippen molar-refractivity contribution in [1.82, 2.24) is 10.6 Å². The van der Waals surface area contributed by atoms with Gasteiger partial charge in [-0.25, -0.2) is 4.79 Å². The molecule has 0 aliphatic heterocycles. The topological polar surface area (TPSA) is 67.4 Å². The first-order chi connectivity index (χ1) is 9.22. The van der Waals surface area contributed by atoms with Gasteiger partial charge in [0.2, 0.25) is 5.91 Å². The molecule has 0 radical (unpaired) electrons. The second kappa shape index (κ2) is 8.59. The minimum Gasteiger partial charge on any atom is -0.445 e. The molecule has 19 heavy (non-hydrogen) atoms. The van der Waals surface area contributed by atoms with Gasteiger partial charge in [0, 0.05) is 13.0 Å². The van der Waals surface area contributed by atoms with Crippen LogP contribution in [0.3, 0.4) is 0 Å². The fraction of sp³-hybridized carbons (Fsp3) is 0.286. The van der Waals surface area contributed by atoms with Crippen molar-refractivity contribution in [3.05, 3.63) is 35.9 Å². The summed E-state index contributed by atoms with van der Waals surface area (Å²) in [5.74, 6) is 2.09. The van der Waals surface area contributed by atoms with Crippen molar-refractivity contribution in [2.75, 3.05) is 13.1 Å². The molecule has 0 aromatic heterocycles. The third kappa shape index (κ3) is 6.74. The molecule has 1 aromatic rings. The zero-order valence-electron chi connectivity index (χ0n) is 10.5. The zero-order valence-corrected chi connectivity index (χ0v) is 10.5. The molecular weight excluding hydrogens is 244 g/mol. The number of hydrogen-bond acceptors (Lipinski definition) is 3. The first kappa shape index (κ1) is 14.6. The maximum atomic E-state index is 11.3. The molecule has 0 aliphatic rings. The molecule has 100 valence electrons. The number of carbonyl (C=O) groups excluding carboxylic acids is 2. The summed E-state index contributed by atoms with van der Waals surface area (Å²) in [6.45, 7) is 0.608. The Labute approximate surface area is 112 Å². The number of nitrogens with one attached hydrogen (secondary N) is 2. The predicted octanol–water partition coefficient (Wildman–Crippen LogP) is 1.05. The van der Waals surface area contributed by atoms with E-state index in [1.54, 1.807) is 0 Å². The van der Waals surface area contributed by atoms with Gasteiger partial charge in [-0.05, 0) is 5.56 Å². The van der Waals surface area contributed by atoms with Gasteiger partial charge in [0.1, 0.15) is 6.61 Å². The smallest absolute Gasteiger partial charge is 0.407 e. The highest BCUT2D eigenvalue weighted by Crippen LogP contribution is 2.00. The number of hydrogen-bond donors (Lipinski definition) is 2. The number of ether oxygens (including phenoxy) is 1. The van der Waals surface area contributed by atoms with E-state index in [4.69, 9.17) is 11.2 Å². The van der Waals surface area contributed by atoms with Crippen molar-refractivity contribution in [2.45, 2.75) is 13.0 Å². The van der Waals surface area contributed by atoms with E-state index in [2.05, 4.69) is 16.6 Å². The second-order valence-corrected chi connectivity index (χ2v) is 3.72. The average molecular weight is 260 g/mol. The highest BCUT2D eigenvalue weighted by atomic mass is 16.5. The number of amides is 2. The van der Waals surface area contributed by atoms with E-state index in [9.17, 15) is 9.59 Å². The molecule has 1 rings (SSSR count). The van der Waals surface area contributed by atoms with Crippen LogP contribution in [-0.4, -0.2) is 25.1 Å². The van der Waals surface area contributed by atoms with Gasteiger partial charge in [0.05, 0.1) is 6.54 Å². The average Bonchev–Trinajstić information content (AvgIpc) is 2.44. The molecule has 0 fully saturated rings. The highest BCUT2D eigenvalue weighted by Gasteiger charge is 2.04. The zero-order chi connectivity index (χ0) is 13.9. The highest BCUT2D eigenvalue weighted by molar-refractivity contribution is 5.77. The summed E-state index contributed by atoms with van der Waals surface area (Å²) in [6.07, 6.45) is 4.62. The van der Waals surface area contributed by atoms with Crippen LogP contribution >= 0.6 is 0 Å². The Hall–Kier alpha value is -2.48. The number of alkyl carbamates (subject to hydrolysis) is 1. The summed E-state index contributed by atoms with van der Waals surface area (Å²) < 4.78 is 4.98. The Morgan fingerprint density at radius 3 is 2.63 bits per heavy atom. The van der Waals surface area contributed by atoms with Gasteiger partial charge in [0.25, 0.3) is 0 Å². The molecule has 1 aromatic carbocycles. The minimum atomic E-state index is -0.548. The van der Waals surface area contributed by atoms with Crippen LogP contribution in [0, 0.1) is 12.3 Å². The van der Waals surface area contributed by atoms with Gasteiger partial charge in [0.15, 0.2) is 0 Å². The number of carbonyl (C=O) groups is 2. The lowest BCUT2D eigenvalue weighted by molar-refractivity contribution is -0.120. The summed E-state index contributed by atoms with van der Waals surface area (Å²) in [7, 11) is 0. The summed E-state index contributed by atoms with van der Waals surface area (Å²) in [4.78, 5) is 22.5. The molecule has 0 aliphatic carbocycles. The number of terminal acetylenes is 1. The second-order valence-electron chi connectivity index (χ2n) is 3.72. The lowest BCUT2D eigenvalue weighted by Gasteiger charge is -2.06. The number of rotatable bonds is 6. The van der Waals surface area contributed by atoms with Crippen molar-refractivity contribution in [2.24, 2.45) is 0 Å². The van der Waals surface area contributed by atoms with Crippen LogP contribution in [0.4, 0.5) is 4.79 Å². The van der Waals surface area contributed by atoms with E-state index >= 15 is 0 Å². The van der Waals surface area contributed by atoms with Crippen LogP contribution in [0.15, 0.2) is 30.3 Å². The molecule has 2 N–H and O–H groups in total. The lowest BCUT2D eigenvalue weighted by atomic mass is 10.2. The van der Waals surface area contributed by atoms with Gasteiger partial charge in [-0.2, -0.15) is 0 Å². The van der Waals surface area contributed by atoms with Gasteiger partial charge in [-0.15, -0.1) is 6.42 Å². The van der Waals surface area contributed by atoms with Crippen LogP contribution in [0.2, 0.25) is 0 Å². The van der Waals surface area contributed by atoms with Crippen molar-refractivity contribution < 1.29 is 14.3 Å². The first-order valence-corrected chi connectivity index (χ1v) is 5.87. The Kier molecular flexibility index (Phi) is 6.59. The molecule has 5 heteroatoms. The Morgan fingerprint density at radius 1 is 1.21 bits per heavy atom. The molecule has 0 spiro atoms. The van der Waals surface area contributed by atoms with Crippen LogP contribution in [-0.2, 0) is 16.1 Å². The van der Waals surface area contributed by atoms with Crippen molar-refractivity contribution in [1.29, 1.82) is 0 Å². The SMILES string of the molecule is C#CCNC(=O)CCNC(=O)OCc1ccccc1. The summed E-state index contributed by atoms with van der Waals surface area (Å²) in [5, 5.41) is 4.98. The van der Waals surface area contributed by atoms with Gasteiger partial charge < -0.3 is 15.4 Å². The van der Waals surface area contributed by atoms with Crippen LogP contribution in [0.5, 0.6) is 0 Å². The molecule has 0 saturated carbocycles. The van der Waals surface area contributed by atoms with E-state index in [1.807, 2.05) is 30.3 Å². The van der Waals surface area contributed by atoms with E-state index in [0.29, 0.717) is 0 Å². The van der Waals surface area contributed by atoms with Crippen LogP contribution in [0.25, 0.3) is 0 Å². The third-order valence-electron chi connectivity index (χ3n) is 2.22. The van der Waals surface area contributed by atoms with E-state index < -0.39 is 6.09 Å². The summed E-state index contributed by atoms with van der Waals surface area (Å²) >= 11 is 0. The van der Waals surface area contributed by atoms with Crippen molar-refractivity contribution in [3.8, 4) is 12.3 Å². The Balaban J connectivity index is 2.12. The third-order valence-corrected chi connectivity index (χ3v) is 2.22. The maximum Gasteiger partial charge on any atom is 0.407 e. The maximum absolute atomic E-state index is 11.3. The minimum absolute atomic E-state index is 0.169. The van der Waals surface area contributed by atoms with E-state index in [-0.39, 0.29) is 32.0 Å². The van der Waals surface area contributed by atoms with Crippen LogP contribution in [0.1, 0.15) is 12.0 Å². The lowest BCUT2D eigenvalue weighted by Crippen LogP contribution is -2.31. The van der Waals surface area contributed by atoms with E-state index in [1.165, 1.54) is 0 Å². The molecule has 2 amide bonds. The molecular formula is C14H16N2O3. The van der Waals surface area contributed by atoms with Gasteiger partial charge >= 0.3 is 6.09 Å². The number of benzene rings is 1. The molecule has 0 atom stereocenters. The monoisotopic (exact) mass is 260 g/mol. The normalized spacial score (nSPS) is 9.21. The summed E-state index contributed by atoms with van der Waals surface area (Å²) in [5.41, 5.74) is 0.907. The van der Waals surface area contributed by atoms with E-state index in [0.717, 1.165) is 5.56 Å². The largest absolute Gasteiger partial charge is 0.445 e. The predicted molar refractivity (Wildman–Crippen MR) is 71.1 cm³/mol.